The maximum Gasteiger partial charge on any atom is 0.283 e. The Bertz CT molecular complexity index is 739. The third-order valence-electron chi connectivity index (χ3n) is 2.81. The molecule has 0 radical (unpaired) electrons. The van der Waals surface area contributed by atoms with Crippen LogP contribution in [-0.4, -0.2) is 23.1 Å². The number of carbonyl (C=O) groups excluding carboxylic acids is 2. The number of nitrogen functional groups attached to an aromatic ring is 1. The number of hydrogen-bond donors (Lipinski definition) is 2. The van der Waals surface area contributed by atoms with E-state index in [0.717, 1.165) is 11.3 Å². The van der Waals surface area contributed by atoms with Crippen LogP contribution in [-0.2, 0) is 6.42 Å². The Morgan fingerprint density at radius 2 is 2.18 bits per heavy atom. The summed E-state index contributed by atoms with van der Waals surface area (Å²) in [5.74, 6) is -1.75. The number of hydrogen-bond acceptors (Lipinski definition) is 7. The monoisotopic (exact) mass is 317 g/mol. The van der Waals surface area contributed by atoms with Gasteiger partial charge in [-0.15, -0.1) is 0 Å². The number of carbonyl (C=O) groups is 2. The molecule has 0 saturated heterocycles. The highest BCUT2D eigenvalue weighted by Crippen LogP contribution is 2.20. The van der Waals surface area contributed by atoms with Crippen molar-refractivity contribution >= 4 is 34.6 Å². The third kappa shape index (κ3) is 3.47. The van der Waals surface area contributed by atoms with Crippen LogP contribution in [0.4, 0.5) is 5.13 Å². The van der Waals surface area contributed by atoms with E-state index in [1.54, 1.807) is 18.2 Å². The summed E-state index contributed by atoms with van der Waals surface area (Å²) < 4.78 is 0. The zero-order valence-corrected chi connectivity index (χ0v) is 12.5. The number of carboxylic acid groups (broad SMARTS) is 1. The van der Waals surface area contributed by atoms with Gasteiger partial charge in [0.15, 0.2) is 5.13 Å². The molecule has 0 spiro atoms. The predicted molar refractivity (Wildman–Crippen MR) is 81.7 cm³/mol. The second-order valence-corrected chi connectivity index (χ2v) is 5.29. The van der Waals surface area contributed by atoms with Crippen LogP contribution >= 0.6 is 11.3 Å². The minimum absolute atomic E-state index is 0.00298. The number of thiazole rings is 1. The highest BCUT2D eigenvalue weighted by molar-refractivity contribution is 7.17. The van der Waals surface area contributed by atoms with Crippen molar-refractivity contribution in [2.75, 3.05) is 5.73 Å². The quantitative estimate of drug-likeness (QED) is 0.611. The van der Waals surface area contributed by atoms with Gasteiger partial charge in [0.2, 0.25) is 0 Å². The lowest BCUT2D eigenvalue weighted by molar-refractivity contribution is -0.255. The number of nitrogens with one attached hydrogen (secondary N) is 1. The van der Waals surface area contributed by atoms with Crippen molar-refractivity contribution in [1.82, 2.24) is 10.4 Å². The standard InChI is InChI=1S/C14H14N4O3S/c1-2-10-11(22-14(15)17-10)12(19)18-16-7-8-5-3-4-6-9(8)13(20)21/h3-7H,2H2,1H3,(H2,15,17)(H,18,19)(H,20,21)/p-1. The van der Waals surface area contributed by atoms with Crippen LogP contribution in [0, 0.1) is 0 Å². The van der Waals surface area contributed by atoms with Crippen molar-refractivity contribution in [2.24, 2.45) is 5.10 Å². The van der Waals surface area contributed by atoms with Gasteiger partial charge in [0.25, 0.3) is 5.91 Å². The Hall–Kier alpha value is -2.74. The van der Waals surface area contributed by atoms with Crippen LogP contribution in [0.25, 0.3) is 0 Å². The van der Waals surface area contributed by atoms with Gasteiger partial charge >= 0.3 is 0 Å². The van der Waals surface area contributed by atoms with Crippen LogP contribution in [0.5, 0.6) is 0 Å². The topological polar surface area (TPSA) is 120 Å². The van der Waals surface area contributed by atoms with E-state index in [-0.39, 0.29) is 5.56 Å². The molecule has 0 aliphatic rings. The first-order valence-corrected chi connectivity index (χ1v) is 7.23. The number of hydrazone groups is 1. The molecule has 0 saturated carbocycles. The molecule has 7 nitrogen and oxygen atoms in total. The summed E-state index contributed by atoms with van der Waals surface area (Å²) in [5.41, 5.74) is 8.85. The minimum atomic E-state index is -1.31. The number of nitrogens with zero attached hydrogens (tertiary/aromatic N) is 2. The van der Waals surface area contributed by atoms with Gasteiger partial charge in [-0.1, -0.05) is 42.5 Å². The van der Waals surface area contributed by atoms with Gasteiger partial charge in [-0.25, -0.2) is 10.4 Å². The van der Waals surface area contributed by atoms with E-state index in [2.05, 4.69) is 15.5 Å². The van der Waals surface area contributed by atoms with Crippen molar-refractivity contribution in [3.05, 3.63) is 46.0 Å². The lowest BCUT2D eigenvalue weighted by Crippen LogP contribution is -2.24. The normalized spacial score (nSPS) is 10.8. The lowest BCUT2D eigenvalue weighted by Gasteiger charge is -2.05. The Kier molecular flexibility index (Phi) is 4.84. The molecule has 0 aliphatic carbocycles. The maximum atomic E-state index is 12.0. The third-order valence-corrected chi connectivity index (χ3v) is 3.73. The first kappa shape index (κ1) is 15.6. The molecule has 2 rings (SSSR count). The number of aromatic carboxylic acids is 1. The lowest BCUT2D eigenvalue weighted by atomic mass is 10.1. The second kappa shape index (κ2) is 6.81. The molecule has 22 heavy (non-hydrogen) atoms. The Balaban J connectivity index is 2.13. The molecule has 1 aromatic carbocycles. The molecule has 0 atom stereocenters. The van der Waals surface area contributed by atoms with E-state index in [1.807, 2.05) is 6.92 Å². The number of nitrogens with two attached hydrogens (primary N) is 1. The summed E-state index contributed by atoms with van der Waals surface area (Å²) in [5, 5.41) is 15.0. The van der Waals surface area contributed by atoms with E-state index in [9.17, 15) is 14.7 Å². The van der Waals surface area contributed by atoms with Crippen molar-refractivity contribution in [1.29, 1.82) is 0 Å². The molecule has 0 fully saturated rings. The SMILES string of the molecule is CCc1nc(N)sc1C(=O)NN=Cc1ccccc1C(=O)[O-]. The molecular weight excluding hydrogens is 304 g/mol. The van der Waals surface area contributed by atoms with Crippen molar-refractivity contribution in [3.63, 3.8) is 0 Å². The van der Waals surface area contributed by atoms with Crippen LogP contribution in [0.3, 0.4) is 0 Å². The van der Waals surface area contributed by atoms with Gasteiger partial charge in [-0.3, -0.25) is 4.79 Å². The summed E-state index contributed by atoms with van der Waals surface area (Å²) in [7, 11) is 0. The highest BCUT2D eigenvalue weighted by atomic mass is 32.1. The van der Waals surface area contributed by atoms with Crippen molar-refractivity contribution < 1.29 is 14.7 Å². The second-order valence-electron chi connectivity index (χ2n) is 4.26. The molecule has 1 heterocycles. The zero-order chi connectivity index (χ0) is 16.1. The molecule has 0 aliphatic heterocycles. The Morgan fingerprint density at radius 3 is 2.86 bits per heavy atom. The number of aromatic nitrogens is 1. The van der Waals surface area contributed by atoms with E-state index in [1.165, 1.54) is 12.3 Å². The van der Waals surface area contributed by atoms with Crippen LogP contribution in [0.1, 0.15) is 38.2 Å². The van der Waals surface area contributed by atoms with Crippen LogP contribution in [0.15, 0.2) is 29.4 Å². The molecule has 1 aromatic heterocycles. The Morgan fingerprint density at radius 1 is 1.45 bits per heavy atom. The van der Waals surface area contributed by atoms with Gasteiger partial charge in [-0.05, 0) is 6.42 Å². The average molecular weight is 317 g/mol. The molecule has 2 aromatic rings. The van der Waals surface area contributed by atoms with E-state index in [4.69, 9.17) is 5.73 Å². The van der Waals surface area contributed by atoms with E-state index in [0.29, 0.717) is 27.7 Å². The predicted octanol–water partition coefficient (Wildman–Crippen LogP) is 0.415. The summed E-state index contributed by atoms with van der Waals surface area (Å²) in [6.07, 6.45) is 1.83. The summed E-state index contributed by atoms with van der Waals surface area (Å²) in [4.78, 5) is 27.4. The average Bonchev–Trinajstić information content (AvgIpc) is 2.88. The van der Waals surface area contributed by atoms with Crippen LogP contribution < -0.4 is 16.3 Å². The maximum absolute atomic E-state index is 12.0. The fourth-order valence-corrected chi connectivity index (χ4v) is 2.60. The van der Waals surface area contributed by atoms with E-state index < -0.39 is 11.9 Å². The van der Waals surface area contributed by atoms with Gasteiger partial charge < -0.3 is 15.6 Å². The smallest absolute Gasteiger partial charge is 0.283 e. The number of benzene rings is 1. The zero-order valence-electron chi connectivity index (χ0n) is 11.7. The highest BCUT2D eigenvalue weighted by Gasteiger charge is 2.15. The summed E-state index contributed by atoms with van der Waals surface area (Å²) >= 11 is 1.08. The fraction of sp³-hybridized carbons (Fsp3) is 0.143. The van der Waals surface area contributed by atoms with Gasteiger partial charge in [0.1, 0.15) is 4.88 Å². The van der Waals surface area contributed by atoms with Crippen molar-refractivity contribution in [2.45, 2.75) is 13.3 Å². The number of rotatable bonds is 5. The Labute approximate surface area is 130 Å². The summed E-state index contributed by atoms with van der Waals surface area (Å²) in [6, 6.07) is 6.20. The van der Waals surface area contributed by atoms with Crippen molar-refractivity contribution in [3.8, 4) is 0 Å². The first-order valence-electron chi connectivity index (χ1n) is 6.42. The number of amides is 1. The van der Waals surface area contributed by atoms with Gasteiger partial charge in [0, 0.05) is 11.1 Å². The van der Waals surface area contributed by atoms with Gasteiger partial charge in [0.05, 0.1) is 17.9 Å². The minimum Gasteiger partial charge on any atom is -0.545 e. The van der Waals surface area contributed by atoms with Gasteiger partial charge in [-0.2, -0.15) is 5.10 Å². The molecule has 3 N–H and O–H groups in total. The fourth-order valence-electron chi connectivity index (χ4n) is 1.79. The van der Waals surface area contributed by atoms with E-state index >= 15 is 0 Å². The number of aryl methyl sites for hydroxylation is 1. The molecule has 114 valence electrons. The number of carboxylic acids is 1. The largest absolute Gasteiger partial charge is 0.545 e. The summed E-state index contributed by atoms with van der Waals surface area (Å²) in [6.45, 7) is 1.87. The molecule has 1 amide bonds. The first-order chi connectivity index (χ1) is 10.5. The van der Waals surface area contributed by atoms with Crippen LogP contribution in [0.2, 0.25) is 0 Å². The number of anilines is 1. The molecular formula is C14H13N4O3S-. The molecule has 0 unspecified atom stereocenters. The molecule has 0 bridgehead atoms. The molecule has 8 heteroatoms.